The van der Waals surface area contributed by atoms with E-state index in [9.17, 15) is 14.0 Å². The fourth-order valence-corrected chi connectivity index (χ4v) is 3.13. The molecule has 2 heterocycles. The Balaban J connectivity index is 1.84. The molecule has 1 aromatic carbocycles. The van der Waals surface area contributed by atoms with Gasteiger partial charge in [0.25, 0.3) is 5.56 Å². The van der Waals surface area contributed by atoms with Crippen LogP contribution >= 0.6 is 0 Å². The van der Waals surface area contributed by atoms with Crippen molar-refractivity contribution >= 4 is 5.91 Å². The quantitative estimate of drug-likeness (QED) is 0.399. The van der Waals surface area contributed by atoms with Crippen molar-refractivity contribution in [2.24, 2.45) is 5.92 Å². The molecule has 10 heteroatoms. The molecule has 0 unspecified atom stereocenters. The fourth-order valence-electron chi connectivity index (χ4n) is 3.13. The van der Waals surface area contributed by atoms with Gasteiger partial charge in [0.05, 0.1) is 17.9 Å². The molecule has 2 N–H and O–H groups in total. The summed E-state index contributed by atoms with van der Waals surface area (Å²) in [6.07, 6.45) is 2.38. The zero-order valence-electron chi connectivity index (χ0n) is 19.9. The number of halogens is 2. The van der Waals surface area contributed by atoms with Gasteiger partial charge < -0.3 is 19.8 Å². The van der Waals surface area contributed by atoms with Gasteiger partial charge in [0.1, 0.15) is 24.1 Å². The van der Waals surface area contributed by atoms with Crippen LogP contribution in [0.25, 0.3) is 22.6 Å². The summed E-state index contributed by atoms with van der Waals surface area (Å²) in [7, 11) is 0. The lowest BCUT2D eigenvalue weighted by atomic mass is 10.1. The highest BCUT2D eigenvalue weighted by Crippen LogP contribution is 2.27. The van der Waals surface area contributed by atoms with Gasteiger partial charge in [0.15, 0.2) is 0 Å². The molecule has 8 nitrogen and oxygen atoms in total. The molecular formula is C25H28F2N4O4. The van der Waals surface area contributed by atoms with Crippen molar-refractivity contribution in [1.29, 1.82) is 0 Å². The summed E-state index contributed by atoms with van der Waals surface area (Å²) in [5, 5.41) is 2.59. The number of pyridine rings is 1. The van der Waals surface area contributed by atoms with Crippen molar-refractivity contribution in [2.45, 2.75) is 33.7 Å². The van der Waals surface area contributed by atoms with Crippen LogP contribution in [0.4, 0.5) is 8.78 Å². The third-order valence-corrected chi connectivity index (χ3v) is 4.99. The Kier molecular flexibility index (Phi) is 9.02. The number of aromatic nitrogens is 3. The van der Waals surface area contributed by atoms with E-state index in [2.05, 4.69) is 20.3 Å². The first-order valence-electron chi connectivity index (χ1n) is 11.3. The van der Waals surface area contributed by atoms with Crippen molar-refractivity contribution in [3.8, 4) is 28.5 Å². The predicted octanol–water partition coefficient (Wildman–Crippen LogP) is 3.85. The summed E-state index contributed by atoms with van der Waals surface area (Å²) in [6, 6.07) is 6.77. The first-order valence-corrected chi connectivity index (χ1v) is 11.3. The van der Waals surface area contributed by atoms with Gasteiger partial charge in [-0.15, -0.1) is 0 Å². The number of amides is 1. The minimum Gasteiger partial charge on any atom is -0.475 e. The molecule has 0 saturated heterocycles. The van der Waals surface area contributed by atoms with Gasteiger partial charge in [-0.3, -0.25) is 9.59 Å². The van der Waals surface area contributed by atoms with Crippen molar-refractivity contribution in [2.75, 3.05) is 19.8 Å². The third kappa shape index (κ3) is 6.92. The molecule has 0 atom stereocenters. The fraction of sp³-hybridized carbons (Fsp3) is 0.360. The van der Waals surface area contributed by atoms with E-state index in [1.54, 1.807) is 26.0 Å². The number of nitrogens with one attached hydrogen (secondary N) is 2. The maximum Gasteiger partial charge on any atom is 0.251 e. The first-order chi connectivity index (χ1) is 16.8. The Morgan fingerprint density at radius 2 is 1.94 bits per heavy atom. The largest absolute Gasteiger partial charge is 0.475 e. The number of hydrogen-bond acceptors (Lipinski definition) is 6. The molecule has 0 saturated carbocycles. The highest BCUT2D eigenvalue weighted by molar-refractivity contribution is 5.77. The monoisotopic (exact) mass is 486 g/mol. The summed E-state index contributed by atoms with van der Waals surface area (Å²) in [5.74, 6) is -2.26. The van der Waals surface area contributed by atoms with Gasteiger partial charge in [-0.1, -0.05) is 26.8 Å². The molecule has 186 valence electrons. The van der Waals surface area contributed by atoms with Crippen LogP contribution in [0.2, 0.25) is 0 Å². The molecule has 0 spiro atoms. The van der Waals surface area contributed by atoms with Crippen LogP contribution in [-0.2, 0) is 16.1 Å². The lowest BCUT2D eigenvalue weighted by Crippen LogP contribution is -2.27. The Bertz CT molecular complexity index is 1210. The number of nitrogens with zero attached hydrogens (tertiary/aromatic N) is 2. The van der Waals surface area contributed by atoms with Crippen LogP contribution in [0.3, 0.4) is 0 Å². The summed E-state index contributed by atoms with van der Waals surface area (Å²) >= 11 is 0. The molecular weight excluding hydrogens is 458 g/mol. The highest BCUT2D eigenvalue weighted by Gasteiger charge is 2.19. The van der Waals surface area contributed by atoms with E-state index in [0.717, 1.165) is 12.5 Å². The minimum absolute atomic E-state index is 0.0644. The van der Waals surface area contributed by atoms with Crippen molar-refractivity contribution in [3.63, 3.8) is 0 Å². The van der Waals surface area contributed by atoms with Crippen LogP contribution in [0.5, 0.6) is 5.88 Å². The SMILES string of the molecule is CCCOCCOc1ccc(-c2cc(=O)[nH]c(-c3c(F)ccc(CNC(=O)C(C)C)c3F)n2)cn1. The van der Waals surface area contributed by atoms with Crippen LogP contribution in [0, 0.1) is 17.6 Å². The van der Waals surface area contributed by atoms with Crippen LogP contribution in [0.15, 0.2) is 41.3 Å². The second-order valence-corrected chi connectivity index (χ2v) is 8.09. The molecule has 0 aliphatic rings. The molecule has 3 rings (SSSR count). The van der Waals surface area contributed by atoms with E-state index in [1.165, 1.54) is 18.3 Å². The van der Waals surface area contributed by atoms with E-state index in [0.29, 0.717) is 31.3 Å². The van der Waals surface area contributed by atoms with Gasteiger partial charge in [-0.25, -0.2) is 18.7 Å². The number of carbonyl (C=O) groups is 1. The van der Waals surface area contributed by atoms with E-state index in [4.69, 9.17) is 9.47 Å². The number of benzene rings is 1. The van der Waals surface area contributed by atoms with Gasteiger partial charge in [0.2, 0.25) is 11.8 Å². The third-order valence-electron chi connectivity index (χ3n) is 4.99. The van der Waals surface area contributed by atoms with E-state index >= 15 is 4.39 Å². The van der Waals surface area contributed by atoms with Gasteiger partial charge >= 0.3 is 0 Å². The smallest absolute Gasteiger partial charge is 0.251 e. The Hall–Kier alpha value is -3.66. The van der Waals surface area contributed by atoms with Gasteiger partial charge in [-0.2, -0.15) is 0 Å². The van der Waals surface area contributed by atoms with Crippen LogP contribution < -0.4 is 15.6 Å². The minimum atomic E-state index is -0.915. The molecule has 1 amide bonds. The molecule has 0 fully saturated rings. The molecule has 35 heavy (non-hydrogen) atoms. The van der Waals surface area contributed by atoms with E-state index < -0.39 is 22.8 Å². The average molecular weight is 487 g/mol. The standard InChI is InChI=1S/C25H28F2N4O4/c1-4-9-34-10-11-35-21-8-6-16(13-28-21)19-12-20(32)31-24(30-19)22-18(26)7-5-17(23(22)27)14-29-25(33)15(2)3/h5-8,12-13,15H,4,9-11,14H2,1-3H3,(H,29,33)(H,30,31,32). The molecule has 0 aliphatic heterocycles. The van der Waals surface area contributed by atoms with Gasteiger partial charge in [-0.05, 0) is 18.6 Å². The molecule has 0 aliphatic carbocycles. The summed E-state index contributed by atoms with van der Waals surface area (Å²) in [6.45, 7) is 6.73. The number of carbonyl (C=O) groups excluding carboxylic acids is 1. The zero-order valence-corrected chi connectivity index (χ0v) is 19.9. The van der Waals surface area contributed by atoms with E-state index in [-0.39, 0.29) is 35.5 Å². The Morgan fingerprint density at radius 3 is 2.63 bits per heavy atom. The van der Waals surface area contributed by atoms with Crippen LogP contribution in [0.1, 0.15) is 32.8 Å². The summed E-state index contributed by atoms with van der Waals surface area (Å²) in [5.41, 5.74) is -0.356. The summed E-state index contributed by atoms with van der Waals surface area (Å²) in [4.78, 5) is 35.0. The number of aromatic amines is 1. The molecule has 0 bridgehead atoms. The number of rotatable bonds is 11. The highest BCUT2D eigenvalue weighted by atomic mass is 19.1. The number of ether oxygens (including phenoxy) is 2. The molecule has 0 radical (unpaired) electrons. The lowest BCUT2D eigenvalue weighted by molar-refractivity contribution is -0.124. The Labute approximate surface area is 201 Å². The van der Waals surface area contributed by atoms with Crippen molar-refractivity contribution in [3.05, 3.63) is 64.1 Å². The number of H-pyrrole nitrogens is 1. The zero-order chi connectivity index (χ0) is 25.4. The lowest BCUT2D eigenvalue weighted by Gasteiger charge is -2.12. The second kappa shape index (κ2) is 12.2. The predicted molar refractivity (Wildman–Crippen MR) is 127 cm³/mol. The van der Waals surface area contributed by atoms with Crippen molar-refractivity contribution in [1.82, 2.24) is 20.3 Å². The first kappa shape index (κ1) is 26.0. The average Bonchev–Trinajstić information content (AvgIpc) is 2.83. The Morgan fingerprint density at radius 1 is 1.14 bits per heavy atom. The molecule has 3 aromatic rings. The second-order valence-electron chi connectivity index (χ2n) is 8.09. The summed E-state index contributed by atoms with van der Waals surface area (Å²) < 4.78 is 40.7. The topological polar surface area (TPSA) is 106 Å². The van der Waals surface area contributed by atoms with Crippen molar-refractivity contribution < 1.29 is 23.0 Å². The van der Waals surface area contributed by atoms with E-state index in [1.807, 2.05) is 6.92 Å². The number of hydrogen-bond donors (Lipinski definition) is 2. The normalized spacial score (nSPS) is 11.0. The van der Waals surface area contributed by atoms with Crippen LogP contribution in [-0.4, -0.2) is 40.7 Å². The maximum atomic E-state index is 15.2. The maximum absolute atomic E-state index is 15.2. The molecule has 2 aromatic heterocycles. The van der Waals surface area contributed by atoms with Gasteiger partial charge in [0, 0.05) is 48.5 Å².